The van der Waals surface area contributed by atoms with E-state index in [-0.39, 0.29) is 0 Å². The van der Waals surface area contributed by atoms with E-state index in [2.05, 4.69) is 23.3 Å². The van der Waals surface area contributed by atoms with Gasteiger partial charge >= 0.3 is 0 Å². The number of aryl methyl sites for hydroxylation is 1. The van der Waals surface area contributed by atoms with E-state index in [0.29, 0.717) is 6.04 Å². The fraction of sp³-hybridized carbons (Fsp3) is 0.692. The summed E-state index contributed by atoms with van der Waals surface area (Å²) in [5.41, 5.74) is 0.754. The maximum Gasteiger partial charge on any atom is 0.113 e. The van der Waals surface area contributed by atoms with Crippen LogP contribution in [0.3, 0.4) is 0 Å². The number of thiazole rings is 1. The lowest BCUT2D eigenvalue weighted by molar-refractivity contribution is 0.475. The normalized spacial score (nSPS) is 19.8. The molecular formula is C13H19N3S. The average molecular weight is 249 g/mol. The summed E-state index contributed by atoms with van der Waals surface area (Å²) >= 11 is 1.72. The molecule has 0 amide bonds. The molecule has 0 fully saturated rings. The van der Waals surface area contributed by atoms with Crippen LogP contribution in [0, 0.1) is 11.3 Å². The third-order valence-corrected chi connectivity index (χ3v) is 4.75. The summed E-state index contributed by atoms with van der Waals surface area (Å²) in [6.45, 7) is 7.01. The van der Waals surface area contributed by atoms with Gasteiger partial charge in [0.25, 0.3) is 0 Å². The molecule has 0 saturated carbocycles. The van der Waals surface area contributed by atoms with Gasteiger partial charge in [0.2, 0.25) is 0 Å². The minimum atomic E-state index is -0.460. The molecule has 4 heteroatoms. The predicted molar refractivity (Wildman–Crippen MR) is 70.1 cm³/mol. The number of nitriles is 1. The van der Waals surface area contributed by atoms with Crippen molar-refractivity contribution < 1.29 is 0 Å². The first-order valence-electron chi connectivity index (χ1n) is 6.23. The lowest BCUT2D eigenvalue weighted by Crippen LogP contribution is -2.23. The van der Waals surface area contributed by atoms with E-state index >= 15 is 0 Å². The third kappa shape index (κ3) is 2.36. The average Bonchev–Trinajstić information content (AvgIpc) is 2.75. The van der Waals surface area contributed by atoms with Crippen molar-refractivity contribution in [2.75, 3.05) is 6.54 Å². The summed E-state index contributed by atoms with van der Waals surface area (Å²) in [5, 5.41) is 13.7. The van der Waals surface area contributed by atoms with E-state index in [4.69, 9.17) is 0 Å². The molecule has 0 spiro atoms. The zero-order valence-electron chi connectivity index (χ0n) is 10.7. The number of nitrogens with zero attached hydrogens (tertiary/aromatic N) is 2. The van der Waals surface area contributed by atoms with Gasteiger partial charge in [0, 0.05) is 10.9 Å². The second-order valence-electron chi connectivity index (χ2n) is 5.07. The van der Waals surface area contributed by atoms with E-state index < -0.39 is 5.41 Å². The van der Waals surface area contributed by atoms with Crippen LogP contribution in [0.4, 0.5) is 0 Å². The number of aromatic nitrogens is 1. The summed E-state index contributed by atoms with van der Waals surface area (Å²) in [6, 6.07) is 2.79. The van der Waals surface area contributed by atoms with E-state index in [1.165, 1.54) is 23.4 Å². The van der Waals surface area contributed by atoms with Gasteiger partial charge in [-0.05, 0) is 39.7 Å². The highest BCUT2D eigenvalue weighted by Crippen LogP contribution is 2.37. The Morgan fingerprint density at radius 3 is 3.00 bits per heavy atom. The van der Waals surface area contributed by atoms with Crippen molar-refractivity contribution in [1.82, 2.24) is 10.3 Å². The van der Waals surface area contributed by atoms with Gasteiger partial charge in [-0.25, -0.2) is 4.98 Å². The molecule has 17 heavy (non-hydrogen) atoms. The molecule has 2 rings (SSSR count). The number of fused-ring (bicyclic) bond motifs is 1. The molecule has 0 aromatic carbocycles. The Morgan fingerprint density at radius 2 is 2.35 bits per heavy atom. The Kier molecular flexibility index (Phi) is 3.50. The lowest BCUT2D eigenvalue weighted by Gasteiger charge is -2.21. The van der Waals surface area contributed by atoms with Crippen LogP contribution in [0.15, 0.2) is 0 Å². The van der Waals surface area contributed by atoms with Crippen molar-refractivity contribution in [3.63, 3.8) is 0 Å². The number of rotatable bonds is 3. The minimum absolute atomic E-state index is 0.449. The molecule has 0 saturated heterocycles. The first-order valence-corrected chi connectivity index (χ1v) is 7.05. The summed E-state index contributed by atoms with van der Waals surface area (Å²) < 4.78 is 0. The third-order valence-electron chi connectivity index (χ3n) is 3.22. The molecule has 0 bridgehead atoms. The van der Waals surface area contributed by atoms with Crippen LogP contribution in [-0.2, 0) is 11.8 Å². The van der Waals surface area contributed by atoms with E-state index in [0.717, 1.165) is 18.0 Å². The smallest absolute Gasteiger partial charge is 0.113 e. The molecule has 0 radical (unpaired) electrons. The SMILES string of the molecule is CCNC1CCCc2nc(C(C)(C)C#N)sc21. The molecule has 1 heterocycles. The van der Waals surface area contributed by atoms with E-state index in [1.54, 1.807) is 11.3 Å². The van der Waals surface area contributed by atoms with Crippen LogP contribution in [-0.4, -0.2) is 11.5 Å². The summed E-state index contributed by atoms with van der Waals surface area (Å²) in [7, 11) is 0. The Labute approximate surface area is 107 Å². The maximum atomic E-state index is 9.18. The predicted octanol–water partition coefficient (Wildman–Crippen LogP) is 2.93. The number of hydrogen-bond acceptors (Lipinski definition) is 4. The van der Waals surface area contributed by atoms with Gasteiger partial charge < -0.3 is 5.32 Å². The molecule has 1 aromatic heterocycles. The van der Waals surface area contributed by atoms with Gasteiger partial charge in [-0.3, -0.25) is 0 Å². The van der Waals surface area contributed by atoms with Crippen molar-refractivity contribution >= 4 is 11.3 Å². The first kappa shape index (κ1) is 12.5. The van der Waals surface area contributed by atoms with Gasteiger partial charge in [-0.2, -0.15) is 5.26 Å². The summed E-state index contributed by atoms with van der Waals surface area (Å²) in [5.74, 6) is 0. The molecule has 1 N–H and O–H groups in total. The van der Waals surface area contributed by atoms with Crippen molar-refractivity contribution in [3.05, 3.63) is 15.6 Å². The molecular weight excluding hydrogens is 230 g/mol. The molecule has 1 aliphatic rings. The van der Waals surface area contributed by atoms with Gasteiger partial charge in [-0.1, -0.05) is 6.92 Å². The van der Waals surface area contributed by atoms with Crippen LogP contribution in [0.5, 0.6) is 0 Å². The fourth-order valence-corrected chi connectivity index (χ4v) is 3.45. The van der Waals surface area contributed by atoms with Gasteiger partial charge in [0.15, 0.2) is 0 Å². The van der Waals surface area contributed by atoms with Gasteiger partial charge in [0.1, 0.15) is 10.4 Å². The van der Waals surface area contributed by atoms with Crippen molar-refractivity contribution in [2.45, 2.75) is 51.5 Å². The molecule has 3 nitrogen and oxygen atoms in total. The topological polar surface area (TPSA) is 48.7 Å². The highest BCUT2D eigenvalue weighted by Gasteiger charge is 2.30. The number of hydrogen-bond donors (Lipinski definition) is 1. The lowest BCUT2D eigenvalue weighted by atomic mass is 9.96. The van der Waals surface area contributed by atoms with Crippen LogP contribution in [0.25, 0.3) is 0 Å². The Morgan fingerprint density at radius 1 is 1.59 bits per heavy atom. The summed E-state index contributed by atoms with van der Waals surface area (Å²) in [4.78, 5) is 6.04. The Hall–Kier alpha value is -0.920. The number of nitrogens with one attached hydrogen (secondary N) is 1. The molecule has 92 valence electrons. The highest BCUT2D eigenvalue weighted by molar-refractivity contribution is 7.12. The van der Waals surface area contributed by atoms with E-state index in [9.17, 15) is 5.26 Å². The quantitative estimate of drug-likeness (QED) is 0.896. The van der Waals surface area contributed by atoms with Crippen LogP contribution in [0.1, 0.15) is 55.2 Å². The van der Waals surface area contributed by atoms with E-state index in [1.807, 2.05) is 13.8 Å². The molecule has 1 aliphatic carbocycles. The first-order chi connectivity index (χ1) is 8.08. The maximum absolute atomic E-state index is 9.18. The second-order valence-corrected chi connectivity index (χ2v) is 6.10. The molecule has 1 atom stereocenters. The van der Waals surface area contributed by atoms with Gasteiger partial charge in [-0.15, -0.1) is 11.3 Å². The van der Waals surface area contributed by atoms with Crippen LogP contribution in [0.2, 0.25) is 0 Å². The molecule has 0 aliphatic heterocycles. The standard InChI is InChI=1S/C13H19N3S/c1-4-15-9-6-5-7-10-11(9)17-12(16-10)13(2,3)8-14/h9,15H,4-7H2,1-3H3. The highest BCUT2D eigenvalue weighted by atomic mass is 32.1. The zero-order valence-corrected chi connectivity index (χ0v) is 11.5. The molecule has 1 aromatic rings. The van der Waals surface area contributed by atoms with Crippen LogP contribution < -0.4 is 5.32 Å². The minimum Gasteiger partial charge on any atom is -0.309 e. The summed E-state index contributed by atoms with van der Waals surface area (Å²) in [6.07, 6.45) is 3.45. The molecule has 1 unspecified atom stereocenters. The van der Waals surface area contributed by atoms with Crippen molar-refractivity contribution in [1.29, 1.82) is 5.26 Å². The van der Waals surface area contributed by atoms with Crippen molar-refractivity contribution in [3.8, 4) is 6.07 Å². The van der Waals surface area contributed by atoms with Crippen LogP contribution >= 0.6 is 11.3 Å². The second kappa shape index (κ2) is 4.75. The van der Waals surface area contributed by atoms with Crippen molar-refractivity contribution in [2.24, 2.45) is 0 Å². The Bertz CT molecular complexity index is 442. The fourth-order valence-electron chi connectivity index (χ4n) is 2.18. The monoisotopic (exact) mass is 249 g/mol. The Balaban J connectivity index is 2.34. The largest absolute Gasteiger partial charge is 0.309 e. The van der Waals surface area contributed by atoms with Gasteiger partial charge in [0.05, 0.1) is 11.8 Å². The zero-order chi connectivity index (χ0) is 12.5.